The molecule has 0 atom stereocenters. The van der Waals surface area contributed by atoms with Crippen LogP contribution in [0.15, 0.2) is 53.4 Å². The van der Waals surface area contributed by atoms with Crippen molar-refractivity contribution in [3.05, 3.63) is 54.1 Å². The first-order valence-corrected chi connectivity index (χ1v) is 10.8. The van der Waals surface area contributed by atoms with Gasteiger partial charge in [-0.15, -0.1) is 0 Å². The number of carbonyl (C=O) groups excluding carboxylic acids is 1. The zero-order valence-corrected chi connectivity index (χ0v) is 17.4. The molecule has 1 fully saturated rings. The lowest BCUT2D eigenvalue weighted by Gasteiger charge is -2.22. The molecular weight excluding hydrogens is 394 g/mol. The highest BCUT2D eigenvalue weighted by atomic mass is 32.2. The summed E-state index contributed by atoms with van der Waals surface area (Å²) in [4.78, 5) is 14.1. The second-order valence-electron chi connectivity index (χ2n) is 7.01. The van der Waals surface area contributed by atoms with Crippen molar-refractivity contribution >= 4 is 16.0 Å². The van der Waals surface area contributed by atoms with Gasteiger partial charge in [0.2, 0.25) is 5.91 Å². The van der Waals surface area contributed by atoms with Gasteiger partial charge in [0, 0.05) is 20.2 Å². The average Bonchev–Trinajstić information content (AvgIpc) is 3.53. The molecule has 29 heavy (non-hydrogen) atoms. The summed E-state index contributed by atoms with van der Waals surface area (Å²) in [6, 6.07) is 12.7. The molecule has 0 aromatic heterocycles. The Balaban J connectivity index is 1.65. The zero-order valence-electron chi connectivity index (χ0n) is 16.5. The predicted octanol–water partition coefficient (Wildman–Crippen LogP) is 2.85. The van der Waals surface area contributed by atoms with E-state index in [0.29, 0.717) is 24.8 Å². The number of hydrogen-bond donors (Lipinski definition) is 0. The molecular formula is C21H25NO6S. The first-order valence-electron chi connectivity index (χ1n) is 9.35. The maximum Gasteiger partial charge on any atom is 0.339 e. The summed E-state index contributed by atoms with van der Waals surface area (Å²) in [5.41, 5.74) is 0.893. The molecule has 0 N–H and O–H groups in total. The minimum Gasteiger partial charge on any atom is -0.497 e. The van der Waals surface area contributed by atoms with Gasteiger partial charge in [-0.05, 0) is 60.7 Å². The highest BCUT2D eigenvalue weighted by Crippen LogP contribution is 2.30. The summed E-state index contributed by atoms with van der Waals surface area (Å²) >= 11 is 0. The van der Waals surface area contributed by atoms with Crippen molar-refractivity contribution in [2.24, 2.45) is 5.92 Å². The van der Waals surface area contributed by atoms with E-state index in [1.807, 2.05) is 0 Å². The summed E-state index contributed by atoms with van der Waals surface area (Å²) in [6.07, 6.45) is 2.29. The first kappa shape index (κ1) is 21.1. The number of hydrogen-bond acceptors (Lipinski definition) is 6. The summed E-state index contributed by atoms with van der Waals surface area (Å²) in [5, 5.41) is 0. The Kier molecular flexibility index (Phi) is 6.76. The molecule has 0 heterocycles. The van der Waals surface area contributed by atoms with Crippen LogP contribution in [-0.4, -0.2) is 46.6 Å². The highest BCUT2D eigenvalue weighted by molar-refractivity contribution is 7.87. The third-order valence-electron chi connectivity index (χ3n) is 4.65. The topological polar surface area (TPSA) is 82.1 Å². The van der Waals surface area contributed by atoms with Crippen LogP contribution < -0.4 is 8.92 Å². The Morgan fingerprint density at radius 1 is 1.00 bits per heavy atom. The van der Waals surface area contributed by atoms with Gasteiger partial charge >= 0.3 is 10.1 Å². The maximum absolute atomic E-state index is 12.4. The Hall–Kier alpha value is -2.58. The van der Waals surface area contributed by atoms with Gasteiger partial charge in [0.15, 0.2) is 0 Å². The zero-order chi connectivity index (χ0) is 20.9. The molecule has 0 aliphatic heterocycles. The van der Waals surface area contributed by atoms with Gasteiger partial charge in [0.1, 0.15) is 23.0 Å². The molecule has 0 radical (unpaired) electrons. The van der Waals surface area contributed by atoms with Crippen LogP contribution in [0.1, 0.15) is 18.4 Å². The monoisotopic (exact) mass is 419 g/mol. The van der Waals surface area contributed by atoms with Gasteiger partial charge in [-0.2, -0.15) is 8.42 Å². The normalized spacial score (nSPS) is 13.7. The molecule has 0 saturated heterocycles. The van der Waals surface area contributed by atoms with E-state index in [1.54, 1.807) is 41.3 Å². The van der Waals surface area contributed by atoms with Crippen LogP contribution in [0.3, 0.4) is 0 Å². The molecule has 1 saturated carbocycles. The highest BCUT2D eigenvalue weighted by Gasteiger charge is 2.26. The van der Waals surface area contributed by atoms with Gasteiger partial charge in [0.25, 0.3) is 0 Å². The number of carbonyl (C=O) groups is 1. The molecule has 2 aromatic rings. The smallest absolute Gasteiger partial charge is 0.339 e. The molecule has 0 spiro atoms. The van der Waals surface area contributed by atoms with Gasteiger partial charge in [-0.25, -0.2) is 0 Å². The van der Waals surface area contributed by atoms with Crippen molar-refractivity contribution in [1.82, 2.24) is 4.90 Å². The van der Waals surface area contributed by atoms with Crippen LogP contribution in [-0.2, 0) is 26.2 Å². The summed E-state index contributed by atoms with van der Waals surface area (Å²) < 4.78 is 40.1. The summed E-state index contributed by atoms with van der Waals surface area (Å²) in [7, 11) is -0.927. The Bertz CT molecular complexity index is 921. The molecule has 7 nitrogen and oxygen atoms in total. The minimum atomic E-state index is -3.94. The van der Waals surface area contributed by atoms with Crippen LogP contribution in [0.4, 0.5) is 0 Å². The standard InChI is InChI=1S/C21H25NO6S/c1-26-15-21(23)22(13-16-3-4-16)14-17-5-7-19(8-6-17)28-29(24,25)20-11-9-18(27-2)10-12-20/h5-12,16H,3-4,13-15H2,1-2H3. The van der Waals surface area contributed by atoms with Crippen LogP contribution >= 0.6 is 0 Å². The van der Waals surface area contributed by atoms with Gasteiger partial charge in [0.05, 0.1) is 7.11 Å². The van der Waals surface area contributed by atoms with Crippen molar-refractivity contribution in [2.45, 2.75) is 24.3 Å². The first-order chi connectivity index (χ1) is 13.9. The van der Waals surface area contributed by atoms with E-state index in [9.17, 15) is 13.2 Å². The van der Waals surface area contributed by atoms with E-state index in [1.165, 1.54) is 26.4 Å². The largest absolute Gasteiger partial charge is 0.497 e. The summed E-state index contributed by atoms with van der Waals surface area (Å²) in [5.74, 6) is 1.28. The minimum absolute atomic E-state index is 0.0446. The van der Waals surface area contributed by atoms with Crippen molar-refractivity contribution in [3.8, 4) is 11.5 Å². The second kappa shape index (κ2) is 9.28. The Morgan fingerprint density at radius 3 is 2.17 bits per heavy atom. The molecule has 156 valence electrons. The molecule has 2 aromatic carbocycles. The van der Waals surface area contributed by atoms with E-state index in [2.05, 4.69) is 0 Å². The van der Waals surface area contributed by atoms with Crippen LogP contribution in [0.2, 0.25) is 0 Å². The Morgan fingerprint density at radius 2 is 1.62 bits per heavy atom. The molecule has 1 aliphatic carbocycles. The summed E-state index contributed by atoms with van der Waals surface area (Å²) in [6.45, 7) is 1.21. The maximum atomic E-state index is 12.4. The molecule has 3 rings (SSSR count). The van der Waals surface area contributed by atoms with E-state index in [0.717, 1.165) is 18.4 Å². The van der Waals surface area contributed by atoms with Gasteiger partial charge in [-0.3, -0.25) is 4.79 Å². The van der Waals surface area contributed by atoms with Gasteiger partial charge < -0.3 is 18.6 Å². The number of benzene rings is 2. The van der Waals surface area contributed by atoms with Crippen molar-refractivity contribution in [2.75, 3.05) is 27.4 Å². The molecule has 1 aliphatic rings. The van der Waals surface area contributed by atoms with Crippen LogP contribution in [0.5, 0.6) is 11.5 Å². The van der Waals surface area contributed by atoms with E-state index < -0.39 is 10.1 Å². The fourth-order valence-corrected chi connectivity index (χ4v) is 3.80. The third kappa shape index (κ3) is 5.95. The van der Waals surface area contributed by atoms with Crippen molar-refractivity contribution in [3.63, 3.8) is 0 Å². The van der Waals surface area contributed by atoms with E-state index in [-0.39, 0.29) is 23.2 Å². The lowest BCUT2D eigenvalue weighted by Crippen LogP contribution is -2.35. The molecule has 8 heteroatoms. The second-order valence-corrected chi connectivity index (χ2v) is 8.55. The lowest BCUT2D eigenvalue weighted by molar-refractivity contribution is -0.136. The van der Waals surface area contributed by atoms with Crippen LogP contribution in [0, 0.1) is 5.92 Å². The van der Waals surface area contributed by atoms with Gasteiger partial charge in [-0.1, -0.05) is 12.1 Å². The molecule has 0 bridgehead atoms. The number of methoxy groups -OCH3 is 2. The van der Waals surface area contributed by atoms with Crippen LogP contribution in [0.25, 0.3) is 0 Å². The van der Waals surface area contributed by atoms with E-state index >= 15 is 0 Å². The lowest BCUT2D eigenvalue weighted by atomic mass is 10.2. The molecule has 0 unspecified atom stereocenters. The van der Waals surface area contributed by atoms with Crippen molar-refractivity contribution < 1.29 is 26.9 Å². The number of rotatable bonds is 10. The Labute approximate surface area is 171 Å². The van der Waals surface area contributed by atoms with E-state index in [4.69, 9.17) is 13.7 Å². The fourth-order valence-electron chi connectivity index (χ4n) is 2.87. The number of amides is 1. The number of ether oxygens (including phenoxy) is 2. The van der Waals surface area contributed by atoms with Crippen molar-refractivity contribution in [1.29, 1.82) is 0 Å². The average molecular weight is 419 g/mol. The number of nitrogens with zero attached hydrogens (tertiary/aromatic N) is 1. The SMILES string of the molecule is COCC(=O)N(Cc1ccc(OS(=O)(=O)c2ccc(OC)cc2)cc1)CC1CC1. The fraction of sp³-hybridized carbons (Fsp3) is 0.381. The predicted molar refractivity (Wildman–Crippen MR) is 107 cm³/mol. The third-order valence-corrected chi connectivity index (χ3v) is 5.91. The quantitative estimate of drug-likeness (QED) is 0.551. The molecule has 1 amide bonds.